The van der Waals surface area contributed by atoms with Crippen LogP contribution in [0.2, 0.25) is 0 Å². The standard InChI is InChI=1S/C11H20N2O3/c1-3-4-10(9-12)11(14)13-5-6-16-8-7-15-2/h10H,3-8H2,1-2H3,(H,13,14). The Morgan fingerprint density at radius 2 is 2.19 bits per heavy atom. The molecule has 0 aromatic rings. The minimum absolute atomic E-state index is 0.209. The molecule has 0 aliphatic heterocycles. The van der Waals surface area contributed by atoms with Crippen molar-refractivity contribution in [2.75, 3.05) is 33.5 Å². The molecule has 1 unspecified atom stereocenters. The molecular formula is C11H20N2O3. The van der Waals surface area contributed by atoms with Gasteiger partial charge in [-0.1, -0.05) is 13.3 Å². The second kappa shape index (κ2) is 10.4. The maximum Gasteiger partial charge on any atom is 0.237 e. The summed E-state index contributed by atoms with van der Waals surface area (Å²) in [7, 11) is 1.60. The zero-order valence-corrected chi connectivity index (χ0v) is 9.99. The third kappa shape index (κ3) is 7.21. The van der Waals surface area contributed by atoms with Gasteiger partial charge in [-0.2, -0.15) is 5.26 Å². The SMILES string of the molecule is CCCC(C#N)C(=O)NCCOCCOC. The number of nitrogens with one attached hydrogen (secondary N) is 1. The molecule has 0 spiro atoms. The highest BCUT2D eigenvalue weighted by Crippen LogP contribution is 2.04. The van der Waals surface area contributed by atoms with E-state index in [9.17, 15) is 4.79 Å². The van der Waals surface area contributed by atoms with Gasteiger partial charge < -0.3 is 14.8 Å². The van der Waals surface area contributed by atoms with Crippen LogP contribution in [0.4, 0.5) is 0 Å². The zero-order valence-electron chi connectivity index (χ0n) is 9.99. The number of amides is 1. The lowest BCUT2D eigenvalue weighted by Crippen LogP contribution is -2.32. The molecule has 0 fully saturated rings. The van der Waals surface area contributed by atoms with Crippen molar-refractivity contribution in [3.63, 3.8) is 0 Å². The quantitative estimate of drug-likeness (QED) is 0.590. The van der Waals surface area contributed by atoms with E-state index in [1.807, 2.05) is 13.0 Å². The van der Waals surface area contributed by atoms with E-state index in [4.69, 9.17) is 14.7 Å². The third-order valence-electron chi connectivity index (χ3n) is 2.03. The molecule has 0 heterocycles. The number of carbonyl (C=O) groups excluding carboxylic acids is 1. The zero-order chi connectivity index (χ0) is 12.2. The molecule has 0 saturated carbocycles. The molecule has 0 saturated heterocycles. The van der Waals surface area contributed by atoms with E-state index >= 15 is 0 Å². The number of hydrogen-bond donors (Lipinski definition) is 1. The predicted molar refractivity (Wildman–Crippen MR) is 59.7 cm³/mol. The molecule has 5 nitrogen and oxygen atoms in total. The van der Waals surface area contributed by atoms with Gasteiger partial charge in [-0.3, -0.25) is 4.79 Å². The Morgan fingerprint density at radius 1 is 1.44 bits per heavy atom. The lowest BCUT2D eigenvalue weighted by Gasteiger charge is -2.09. The molecule has 0 bridgehead atoms. The molecule has 0 aliphatic carbocycles. The number of carbonyl (C=O) groups is 1. The van der Waals surface area contributed by atoms with Crippen molar-refractivity contribution in [2.24, 2.45) is 5.92 Å². The van der Waals surface area contributed by atoms with Crippen LogP contribution in [0.25, 0.3) is 0 Å². The lowest BCUT2D eigenvalue weighted by molar-refractivity contribution is -0.123. The van der Waals surface area contributed by atoms with Gasteiger partial charge in [-0.25, -0.2) is 0 Å². The highest BCUT2D eigenvalue weighted by Gasteiger charge is 2.15. The van der Waals surface area contributed by atoms with E-state index in [0.717, 1.165) is 6.42 Å². The molecule has 1 atom stereocenters. The molecular weight excluding hydrogens is 208 g/mol. The summed E-state index contributed by atoms with van der Waals surface area (Å²) in [4.78, 5) is 11.4. The summed E-state index contributed by atoms with van der Waals surface area (Å²) in [5.74, 6) is -0.747. The predicted octanol–water partition coefficient (Wildman–Crippen LogP) is 0.705. The van der Waals surface area contributed by atoms with Crippen molar-refractivity contribution in [3.05, 3.63) is 0 Å². The van der Waals surface area contributed by atoms with Crippen LogP contribution < -0.4 is 5.32 Å². The second-order valence-electron chi connectivity index (χ2n) is 3.37. The summed E-state index contributed by atoms with van der Waals surface area (Å²) >= 11 is 0. The topological polar surface area (TPSA) is 71.4 Å². The number of methoxy groups -OCH3 is 1. The first kappa shape index (κ1) is 14.9. The molecule has 92 valence electrons. The molecule has 0 aliphatic rings. The third-order valence-corrected chi connectivity index (χ3v) is 2.03. The number of hydrogen-bond acceptors (Lipinski definition) is 4. The fourth-order valence-electron chi connectivity index (χ4n) is 1.16. The smallest absolute Gasteiger partial charge is 0.237 e. The molecule has 1 N–H and O–H groups in total. The van der Waals surface area contributed by atoms with Crippen molar-refractivity contribution in [1.29, 1.82) is 5.26 Å². The van der Waals surface area contributed by atoms with E-state index in [1.54, 1.807) is 7.11 Å². The number of ether oxygens (including phenoxy) is 2. The van der Waals surface area contributed by atoms with Crippen molar-refractivity contribution >= 4 is 5.91 Å². The summed E-state index contributed by atoms with van der Waals surface area (Å²) in [5, 5.41) is 11.4. The Morgan fingerprint density at radius 3 is 2.75 bits per heavy atom. The molecule has 0 rings (SSSR count). The lowest BCUT2D eigenvalue weighted by atomic mass is 10.1. The summed E-state index contributed by atoms with van der Waals surface area (Å²) in [5.41, 5.74) is 0. The largest absolute Gasteiger partial charge is 0.382 e. The molecule has 5 heteroatoms. The van der Waals surface area contributed by atoms with E-state index < -0.39 is 5.92 Å². The molecule has 1 amide bonds. The Kier molecular flexibility index (Phi) is 9.67. The summed E-state index contributed by atoms with van der Waals surface area (Å²) in [6.07, 6.45) is 1.43. The van der Waals surface area contributed by atoms with Gasteiger partial charge in [0.15, 0.2) is 0 Å². The molecule has 16 heavy (non-hydrogen) atoms. The molecule has 0 radical (unpaired) electrons. The average Bonchev–Trinajstić information content (AvgIpc) is 2.30. The minimum atomic E-state index is -0.538. The van der Waals surface area contributed by atoms with Gasteiger partial charge in [0.25, 0.3) is 0 Å². The van der Waals surface area contributed by atoms with E-state index in [-0.39, 0.29) is 5.91 Å². The van der Waals surface area contributed by atoms with Crippen molar-refractivity contribution in [1.82, 2.24) is 5.32 Å². The number of rotatable bonds is 9. The van der Waals surface area contributed by atoms with Crippen LogP contribution in [-0.4, -0.2) is 39.4 Å². The fourth-order valence-corrected chi connectivity index (χ4v) is 1.16. The van der Waals surface area contributed by atoms with Gasteiger partial charge in [0.05, 0.1) is 25.9 Å². The Hall–Kier alpha value is -1.12. The van der Waals surface area contributed by atoms with Crippen molar-refractivity contribution in [3.8, 4) is 6.07 Å². The summed E-state index contributed by atoms with van der Waals surface area (Å²) < 4.78 is 9.98. The van der Waals surface area contributed by atoms with E-state index in [1.165, 1.54) is 0 Å². The maximum atomic E-state index is 11.4. The highest BCUT2D eigenvalue weighted by molar-refractivity contribution is 5.80. The van der Waals surface area contributed by atoms with Crippen LogP contribution >= 0.6 is 0 Å². The Balaban J connectivity index is 3.53. The van der Waals surface area contributed by atoms with Gasteiger partial charge in [-0.15, -0.1) is 0 Å². The molecule has 0 aromatic carbocycles. The Labute approximate surface area is 96.7 Å². The van der Waals surface area contributed by atoms with Crippen molar-refractivity contribution < 1.29 is 14.3 Å². The van der Waals surface area contributed by atoms with E-state index in [0.29, 0.717) is 32.8 Å². The normalized spacial score (nSPS) is 11.8. The van der Waals surface area contributed by atoms with Gasteiger partial charge in [-0.05, 0) is 6.42 Å². The van der Waals surface area contributed by atoms with Crippen LogP contribution in [0.15, 0.2) is 0 Å². The first-order valence-electron chi connectivity index (χ1n) is 5.50. The van der Waals surface area contributed by atoms with Crippen molar-refractivity contribution in [2.45, 2.75) is 19.8 Å². The average molecular weight is 228 g/mol. The first-order chi connectivity index (χ1) is 7.76. The first-order valence-corrected chi connectivity index (χ1v) is 5.50. The van der Waals surface area contributed by atoms with Gasteiger partial charge in [0, 0.05) is 13.7 Å². The fraction of sp³-hybridized carbons (Fsp3) is 0.818. The summed E-state index contributed by atoms with van der Waals surface area (Å²) in [6, 6.07) is 1.99. The van der Waals surface area contributed by atoms with Crippen LogP contribution in [-0.2, 0) is 14.3 Å². The van der Waals surface area contributed by atoms with Gasteiger partial charge in [0.1, 0.15) is 5.92 Å². The Bertz CT molecular complexity index is 226. The van der Waals surface area contributed by atoms with E-state index in [2.05, 4.69) is 5.32 Å². The number of nitrogens with zero attached hydrogens (tertiary/aromatic N) is 1. The summed E-state index contributed by atoms with van der Waals surface area (Å²) in [6.45, 7) is 3.89. The van der Waals surface area contributed by atoms with Gasteiger partial charge >= 0.3 is 0 Å². The highest BCUT2D eigenvalue weighted by atomic mass is 16.5. The minimum Gasteiger partial charge on any atom is -0.382 e. The van der Waals surface area contributed by atoms with Gasteiger partial charge in [0.2, 0.25) is 5.91 Å². The van der Waals surface area contributed by atoms with Crippen LogP contribution in [0.1, 0.15) is 19.8 Å². The maximum absolute atomic E-state index is 11.4. The van der Waals surface area contributed by atoms with Crippen LogP contribution in [0.5, 0.6) is 0 Å². The van der Waals surface area contributed by atoms with Crippen LogP contribution in [0.3, 0.4) is 0 Å². The molecule has 0 aromatic heterocycles. The van der Waals surface area contributed by atoms with Crippen LogP contribution in [0, 0.1) is 17.2 Å². The number of nitriles is 1. The second-order valence-corrected chi connectivity index (χ2v) is 3.37. The monoisotopic (exact) mass is 228 g/mol.